The average Bonchev–Trinajstić information content (AvgIpc) is 3.49. The van der Waals surface area contributed by atoms with E-state index in [1.807, 2.05) is 6.07 Å². The summed E-state index contributed by atoms with van der Waals surface area (Å²) in [6.45, 7) is 1.20. The summed E-state index contributed by atoms with van der Waals surface area (Å²) >= 11 is 0. The van der Waals surface area contributed by atoms with Gasteiger partial charge in [0.1, 0.15) is 10.7 Å². The second kappa shape index (κ2) is 8.66. The Morgan fingerprint density at radius 1 is 1.21 bits per heavy atom. The van der Waals surface area contributed by atoms with Gasteiger partial charge in [-0.05, 0) is 42.7 Å². The Kier molecular flexibility index (Phi) is 6.25. The zero-order valence-corrected chi connectivity index (χ0v) is 16.5. The van der Waals surface area contributed by atoms with Gasteiger partial charge in [0, 0.05) is 44.5 Å². The van der Waals surface area contributed by atoms with Crippen LogP contribution < -0.4 is 15.4 Å². The number of pyridine rings is 1. The van der Waals surface area contributed by atoms with Gasteiger partial charge in [-0.25, -0.2) is 17.5 Å². The Morgan fingerprint density at radius 3 is 2.68 bits per heavy atom. The molecule has 0 atom stereocenters. The van der Waals surface area contributed by atoms with Gasteiger partial charge in [-0.1, -0.05) is 12.1 Å². The van der Waals surface area contributed by atoms with Crippen LogP contribution in [0.5, 0.6) is 0 Å². The van der Waals surface area contributed by atoms with Crippen LogP contribution in [0.4, 0.5) is 4.39 Å². The highest BCUT2D eigenvalue weighted by molar-refractivity contribution is 7.89. The van der Waals surface area contributed by atoms with Gasteiger partial charge in [0.05, 0.1) is 0 Å². The van der Waals surface area contributed by atoms with E-state index in [-0.39, 0.29) is 22.7 Å². The number of aliphatic imine (C=N–C) groups is 1. The molecule has 1 fully saturated rings. The summed E-state index contributed by atoms with van der Waals surface area (Å²) in [6.07, 6.45) is 4.81. The van der Waals surface area contributed by atoms with Gasteiger partial charge in [0.15, 0.2) is 5.96 Å². The van der Waals surface area contributed by atoms with Crippen LogP contribution in [0.3, 0.4) is 0 Å². The first-order valence-electron chi connectivity index (χ1n) is 9.05. The van der Waals surface area contributed by atoms with E-state index >= 15 is 0 Å². The summed E-state index contributed by atoms with van der Waals surface area (Å²) in [4.78, 5) is 8.10. The molecule has 2 aromatic rings. The van der Waals surface area contributed by atoms with Crippen LogP contribution in [0.25, 0.3) is 0 Å². The standard InChI is InChI=1S/C19H24FN5O2S/c1-21-18(23-10-11-25-28(26,27)17-6-3-9-22-13-17)24-14-19(7-8-19)15-4-2-5-16(20)12-15/h2-6,9,12-13,25H,7-8,10-11,14H2,1H3,(H2,21,23,24). The Balaban J connectivity index is 1.46. The van der Waals surface area contributed by atoms with Crippen molar-refractivity contribution >= 4 is 16.0 Å². The minimum atomic E-state index is -3.58. The van der Waals surface area contributed by atoms with Crippen molar-refractivity contribution in [1.82, 2.24) is 20.3 Å². The molecule has 3 rings (SSSR count). The van der Waals surface area contributed by atoms with Crippen LogP contribution in [-0.2, 0) is 15.4 Å². The minimum absolute atomic E-state index is 0.0678. The third-order valence-corrected chi connectivity index (χ3v) is 6.21. The summed E-state index contributed by atoms with van der Waals surface area (Å²) in [5.41, 5.74) is 0.918. The number of sulfonamides is 1. The van der Waals surface area contributed by atoms with Crippen molar-refractivity contribution in [3.63, 3.8) is 0 Å². The van der Waals surface area contributed by atoms with Crippen LogP contribution in [0, 0.1) is 5.82 Å². The molecule has 1 heterocycles. The van der Waals surface area contributed by atoms with Crippen LogP contribution in [0.15, 0.2) is 58.7 Å². The van der Waals surface area contributed by atoms with Crippen molar-refractivity contribution in [1.29, 1.82) is 0 Å². The summed E-state index contributed by atoms with van der Waals surface area (Å²) < 4.78 is 40.3. The number of aromatic nitrogens is 1. The van der Waals surface area contributed by atoms with Gasteiger partial charge >= 0.3 is 0 Å². The van der Waals surface area contributed by atoms with Gasteiger partial charge in [0.2, 0.25) is 10.0 Å². The summed E-state index contributed by atoms with van der Waals surface area (Å²) in [5.74, 6) is 0.343. The van der Waals surface area contributed by atoms with Crippen molar-refractivity contribution in [3.8, 4) is 0 Å². The second-order valence-electron chi connectivity index (χ2n) is 6.73. The van der Waals surface area contributed by atoms with E-state index in [4.69, 9.17) is 0 Å². The number of nitrogens with zero attached hydrogens (tertiary/aromatic N) is 2. The highest BCUT2D eigenvalue weighted by Gasteiger charge is 2.44. The number of halogens is 1. The molecule has 0 spiro atoms. The number of guanidine groups is 1. The minimum Gasteiger partial charge on any atom is -0.356 e. The molecule has 1 aliphatic carbocycles. The van der Waals surface area contributed by atoms with Gasteiger partial charge < -0.3 is 10.6 Å². The maximum absolute atomic E-state index is 13.5. The molecule has 28 heavy (non-hydrogen) atoms. The third-order valence-electron chi connectivity index (χ3n) is 4.76. The normalized spacial score (nSPS) is 15.9. The van der Waals surface area contributed by atoms with Gasteiger partial charge in [0.25, 0.3) is 0 Å². The lowest BCUT2D eigenvalue weighted by molar-refractivity contribution is 0.579. The number of benzene rings is 1. The Labute approximate surface area is 164 Å². The zero-order valence-electron chi connectivity index (χ0n) is 15.7. The molecule has 3 N–H and O–H groups in total. The fraction of sp³-hybridized carbons (Fsp3) is 0.368. The van der Waals surface area contributed by atoms with E-state index in [0.717, 1.165) is 18.4 Å². The maximum Gasteiger partial charge on any atom is 0.242 e. The highest BCUT2D eigenvalue weighted by Crippen LogP contribution is 2.47. The van der Waals surface area contributed by atoms with E-state index in [0.29, 0.717) is 19.0 Å². The van der Waals surface area contributed by atoms with Gasteiger partial charge in [-0.2, -0.15) is 0 Å². The lowest BCUT2D eigenvalue weighted by Gasteiger charge is -2.19. The van der Waals surface area contributed by atoms with Crippen LogP contribution >= 0.6 is 0 Å². The molecule has 1 saturated carbocycles. The molecule has 1 aromatic carbocycles. The van der Waals surface area contributed by atoms with E-state index in [2.05, 4.69) is 25.3 Å². The number of hydrogen-bond donors (Lipinski definition) is 3. The molecule has 0 bridgehead atoms. The van der Waals surface area contributed by atoms with E-state index in [1.54, 1.807) is 25.2 Å². The molecule has 150 valence electrons. The molecule has 1 aromatic heterocycles. The molecule has 0 saturated heterocycles. The monoisotopic (exact) mass is 405 g/mol. The van der Waals surface area contributed by atoms with E-state index < -0.39 is 10.0 Å². The first-order valence-corrected chi connectivity index (χ1v) is 10.5. The summed E-state index contributed by atoms with van der Waals surface area (Å²) in [6, 6.07) is 9.77. The Bertz CT molecular complexity index is 930. The molecular formula is C19H24FN5O2S. The quantitative estimate of drug-likeness (QED) is 0.351. The van der Waals surface area contributed by atoms with Crippen molar-refractivity contribution in [3.05, 3.63) is 60.2 Å². The fourth-order valence-electron chi connectivity index (χ4n) is 2.97. The van der Waals surface area contributed by atoms with Crippen molar-refractivity contribution in [2.75, 3.05) is 26.7 Å². The molecule has 7 nitrogen and oxygen atoms in total. The lowest BCUT2D eigenvalue weighted by atomic mass is 9.96. The molecule has 0 radical (unpaired) electrons. The largest absolute Gasteiger partial charge is 0.356 e. The van der Waals surface area contributed by atoms with Crippen molar-refractivity contribution in [2.24, 2.45) is 4.99 Å². The van der Waals surface area contributed by atoms with Crippen LogP contribution in [-0.4, -0.2) is 46.0 Å². The van der Waals surface area contributed by atoms with Crippen molar-refractivity contribution in [2.45, 2.75) is 23.2 Å². The summed E-state index contributed by atoms with van der Waals surface area (Å²) in [5, 5.41) is 6.33. The smallest absolute Gasteiger partial charge is 0.242 e. The maximum atomic E-state index is 13.5. The highest BCUT2D eigenvalue weighted by atomic mass is 32.2. The van der Waals surface area contributed by atoms with E-state index in [1.165, 1.54) is 24.5 Å². The topological polar surface area (TPSA) is 95.5 Å². The molecule has 0 unspecified atom stereocenters. The van der Waals surface area contributed by atoms with E-state index in [9.17, 15) is 12.8 Å². The van der Waals surface area contributed by atoms with Crippen LogP contribution in [0.2, 0.25) is 0 Å². The van der Waals surface area contributed by atoms with Crippen LogP contribution in [0.1, 0.15) is 18.4 Å². The number of hydrogen-bond acceptors (Lipinski definition) is 4. The van der Waals surface area contributed by atoms with Gasteiger partial charge in [-0.3, -0.25) is 9.98 Å². The summed E-state index contributed by atoms with van der Waals surface area (Å²) in [7, 11) is -1.93. The molecule has 0 aliphatic heterocycles. The Hall–Kier alpha value is -2.52. The molecule has 1 aliphatic rings. The number of nitrogens with one attached hydrogen (secondary N) is 3. The fourth-order valence-corrected chi connectivity index (χ4v) is 3.96. The number of rotatable bonds is 8. The predicted molar refractivity (Wildman–Crippen MR) is 106 cm³/mol. The third kappa shape index (κ3) is 5.05. The SMILES string of the molecule is CN=C(NCCNS(=O)(=O)c1cccnc1)NCC1(c2cccc(F)c2)CC1. The lowest BCUT2D eigenvalue weighted by Crippen LogP contribution is -2.44. The molecule has 0 amide bonds. The first kappa shape index (κ1) is 20.2. The first-order chi connectivity index (χ1) is 13.5. The zero-order chi connectivity index (χ0) is 20.0. The van der Waals surface area contributed by atoms with Gasteiger partial charge in [-0.15, -0.1) is 0 Å². The van der Waals surface area contributed by atoms with Crippen molar-refractivity contribution < 1.29 is 12.8 Å². The molecule has 9 heteroatoms. The second-order valence-corrected chi connectivity index (χ2v) is 8.50. The molecular weight excluding hydrogens is 381 g/mol. The predicted octanol–water partition coefficient (Wildman–Crippen LogP) is 1.40. The average molecular weight is 405 g/mol. The Morgan fingerprint density at radius 2 is 2.04 bits per heavy atom.